The molecule has 0 heterocycles. The number of esters is 1. The Labute approximate surface area is 152 Å². The van der Waals surface area contributed by atoms with Crippen LogP contribution in [0.2, 0.25) is 0 Å². The van der Waals surface area contributed by atoms with Crippen molar-refractivity contribution in [1.82, 2.24) is 0 Å². The summed E-state index contributed by atoms with van der Waals surface area (Å²) in [6.07, 6.45) is 6.76. The van der Waals surface area contributed by atoms with E-state index in [0.29, 0.717) is 0 Å². The highest BCUT2D eigenvalue weighted by Crippen LogP contribution is 1.92. The van der Waals surface area contributed by atoms with Gasteiger partial charge in [0, 0.05) is 59.2 Å². The van der Waals surface area contributed by atoms with Gasteiger partial charge in [-0.25, -0.2) is 4.79 Å². The average molecular weight is 330 g/mol. The van der Waals surface area contributed by atoms with Gasteiger partial charge in [0.1, 0.15) is 6.11 Å². The van der Waals surface area contributed by atoms with Gasteiger partial charge in [0.15, 0.2) is 0 Å². The van der Waals surface area contributed by atoms with Crippen LogP contribution in [0.25, 0.3) is 0 Å². The molecule has 2 nitrogen and oxygen atoms in total. The van der Waals surface area contributed by atoms with Crippen molar-refractivity contribution in [2.24, 2.45) is 0 Å². The first kappa shape index (κ1) is 20.7. The zero-order valence-electron chi connectivity index (χ0n) is 13.0. The smallest absolute Gasteiger partial charge is 0.366 e. The highest BCUT2D eigenvalue weighted by Gasteiger charge is 2.04. The maximum absolute atomic E-state index is 12.2. The van der Waals surface area contributed by atoms with Crippen LogP contribution in [0.3, 0.4) is 0 Å². The van der Waals surface area contributed by atoms with Crippen molar-refractivity contribution in [3.8, 4) is 119 Å². The molecule has 0 rings (SSSR count). The van der Waals surface area contributed by atoms with Gasteiger partial charge in [0.25, 0.3) is 0 Å². The molecular formula is C23H3FO2. The number of halogens is 1. The summed E-state index contributed by atoms with van der Waals surface area (Å²) < 4.78 is 16.3. The second kappa shape index (κ2) is 16.1. The Balaban J connectivity index is 4.39. The summed E-state index contributed by atoms with van der Waals surface area (Å²) in [7, 11) is 0. The first-order valence-electron chi connectivity index (χ1n) is 6.19. The lowest BCUT2D eigenvalue weighted by Gasteiger charge is -1.86. The third-order valence-electron chi connectivity index (χ3n) is 1.49. The molecule has 0 amide bonds. The molecule has 0 aliphatic rings. The van der Waals surface area contributed by atoms with E-state index in [9.17, 15) is 9.18 Å². The van der Waals surface area contributed by atoms with Crippen LogP contribution < -0.4 is 0 Å². The number of carbonyl (C=O) groups excluding carboxylic acids is 1. The zero-order chi connectivity index (χ0) is 19.3. The zero-order valence-corrected chi connectivity index (χ0v) is 13.0. The Morgan fingerprint density at radius 3 is 1.27 bits per heavy atom. The molecular weight excluding hydrogens is 327 g/mol. The molecule has 0 unspecified atom stereocenters. The van der Waals surface area contributed by atoms with Crippen molar-refractivity contribution in [3.63, 3.8) is 0 Å². The molecule has 0 bridgehead atoms. The van der Waals surface area contributed by atoms with Crippen LogP contribution in [-0.2, 0) is 9.53 Å². The molecule has 0 spiro atoms. The fraction of sp³-hybridized carbons (Fsp3) is 0. The summed E-state index contributed by atoms with van der Waals surface area (Å²) in [6, 6.07) is 0. The van der Waals surface area contributed by atoms with Crippen molar-refractivity contribution >= 4 is 5.97 Å². The van der Waals surface area contributed by atoms with Crippen molar-refractivity contribution in [3.05, 3.63) is 12.4 Å². The van der Waals surface area contributed by atoms with Gasteiger partial charge in [-0.3, -0.25) is 0 Å². The van der Waals surface area contributed by atoms with Crippen molar-refractivity contribution in [2.75, 3.05) is 0 Å². The number of rotatable bonds is 1. The van der Waals surface area contributed by atoms with Crippen LogP contribution in [-0.4, -0.2) is 5.97 Å². The molecule has 0 aromatic carbocycles. The molecule has 0 N–H and O–H groups in total. The van der Waals surface area contributed by atoms with Gasteiger partial charge in [0.2, 0.25) is 5.83 Å². The fourth-order valence-electron chi connectivity index (χ4n) is 0.658. The van der Waals surface area contributed by atoms with Crippen molar-refractivity contribution < 1.29 is 13.9 Å². The summed E-state index contributed by atoms with van der Waals surface area (Å²) in [6.45, 7) is 2.73. The Morgan fingerprint density at radius 2 is 0.962 bits per heavy atom. The maximum Gasteiger partial charge on any atom is 0.380 e. The van der Waals surface area contributed by atoms with E-state index in [1.807, 2.05) is 6.11 Å². The minimum absolute atomic E-state index is 1.25. The molecule has 0 aromatic rings. The van der Waals surface area contributed by atoms with Crippen LogP contribution in [0.15, 0.2) is 12.4 Å². The quantitative estimate of drug-likeness (QED) is 0.401. The second-order valence-corrected chi connectivity index (χ2v) is 3.17. The molecule has 114 valence electrons. The number of hydrogen-bond acceptors (Lipinski definition) is 2. The molecule has 0 atom stereocenters. The van der Waals surface area contributed by atoms with Crippen molar-refractivity contribution in [1.29, 1.82) is 0 Å². The van der Waals surface area contributed by atoms with E-state index in [0.717, 1.165) is 0 Å². The number of ether oxygens (including phenoxy) is 1. The lowest BCUT2D eigenvalue weighted by Crippen LogP contribution is -1.98. The summed E-state index contributed by atoms with van der Waals surface area (Å²) >= 11 is 0. The first-order chi connectivity index (χ1) is 12.7. The molecule has 0 aliphatic carbocycles. The maximum atomic E-state index is 12.2. The van der Waals surface area contributed by atoms with Crippen LogP contribution in [0.5, 0.6) is 0 Å². The summed E-state index contributed by atoms with van der Waals surface area (Å²) in [5.74, 6) is 40.0. The highest BCUT2D eigenvalue weighted by atomic mass is 19.1. The van der Waals surface area contributed by atoms with E-state index in [4.69, 9.17) is 6.42 Å². The summed E-state index contributed by atoms with van der Waals surface area (Å²) in [4.78, 5) is 10.6. The Bertz CT molecular complexity index is 1200. The SMILES string of the molecule is C#CC#CC#CC#CC#CC#CC#CC#CC#CC#COC(=O)C(=C)F. The molecule has 0 saturated heterocycles. The van der Waals surface area contributed by atoms with E-state index in [1.165, 1.54) is 0 Å². The number of hydrogen-bond donors (Lipinski definition) is 0. The molecule has 0 saturated carbocycles. The monoisotopic (exact) mass is 330 g/mol. The predicted molar refractivity (Wildman–Crippen MR) is 95.2 cm³/mol. The summed E-state index contributed by atoms with van der Waals surface area (Å²) in [5, 5.41) is 0. The van der Waals surface area contributed by atoms with Crippen LogP contribution in [0.4, 0.5) is 4.39 Å². The topological polar surface area (TPSA) is 26.3 Å². The summed E-state index contributed by atoms with van der Waals surface area (Å²) in [5.41, 5.74) is 0. The Morgan fingerprint density at radius 1 is 0.654 bits per heavy atom. The number of carbonyl (C=O) groups is 1. The van der Waals surface area contributed by atoms with E-state index in [-0.39, 0.29) is 0 Å². The van der Waals surface area contributed by atoms with Gasteiger partial charge in [-0.1, -0.05) is 6.58 Å². The van der Waals surface area contributed by atoms with Gasteiger partial charge in [-0.15, -0.1) is 6.42 Å². The average Bonchev–Trinajstić information content (AvgIpc) is 2.63. The first-order valence-corrected chi connectivity index (χ1v) is 6.19. The molecule has 0 aliphatic heterocycles. The minimum atomic E-state index is -1.27. The van der Waals surface area contributed by atoms with E-state index in [2.05, 4.69) is 118 Å². The highest BCUT2D eigenvalue weighted by molar-refractivity contribution is 5.85. The van der Waals surface area contributed by atoms with Gasteiger partial charge in [-0.2, -0.15) is 4.39 Å². The van der Waals surface area contributed by atoms with Crippen LogP contribution >= 0.6 is 0 Å². The van der Waals surface area contributed by atoms with Crippen LogP contribution in [0, 0.1) is 119 Å². The van der Waals surface area contributed by atoms with Gasteiger partial charge >= 0.3 is 5.97 Å². The minimum Gasteiger partial charge on any atom is -0.366 e. The van der Waals surface area contributed by atoms with Gasteiger partial charge in [-0.05, 0) is 47.4 Å². The van der Waals surface area contributed by atoms with Gasteiger partial charge < -0.3 is 4.74 Å². The molecule has 0 radical (unpaired) electrons. The van der Waals surface area contributed by atoms with E-state index >= 15 is 0 Å². The normalized spacial score (nSPS) is 4.92. The molecule has 3 heteroatoms. The van der Waals surface area contributed by atoms with Gasteiger partial charge in [0.05, 0.1) is 0 Å². The van der Waals surface area contributed by atoms with Crippen molar-refractivity contribution in [2.45, 2.75) is 0 Å². The predicted octanol–water partition coefficient (Wildman–Crippen LogP) is 0.634. The van der Waals surface area contributed by atoms with E-state index < -0.39 is 11.8 Å². The molecule has 26 heavy (non-hydrogen) atoms. The van der Waals surface area contributed by atoms with Crippen LogP contribution in [0.1, 0.15) is 0 Å². The Hall–Kier alpha value is -5.26. The number of terminal acetylenes is 1. The lowest BCUT2D eigenvalue weighted by molar-refractivity contribution is -0.134. The second-order valence-electron chi connectivity index (χ2n) is 3.17. The molecule has 0 aromatic heterocycles. The third kappa shape index (κ3) is 15.1. The standard InChI is InChI=1S/C23H3FO2/c1-3-4-5-6-7-8-9-10-11-12-13-14-15-16-17-18-19-20-21-26-23(25)22(2)24/h1H,2H2. The molecule has 0 fully saturated rings. The lowest BCUT2D eigenvalue weighted by atomic mass is 10.5. The fourth-order valence-corrected chi connectivity index (χ4v) is 0.658. The van der Waals surface area contributed by atoms with E-state index in [1.54, 1.807) is 0 Å². The Kier molecular flexibility index (Phi) is 12.9. The largest absolute Gasteiger partial charge is 0.380 e. The third-order valence-corrected chi connectivity index (χ3v) is 1.49.